The number of allylic oxidation sites excluding steroid dienone is 2. The van der Waals surface area contributed by atoms with E-state index in [-0.39, 0.29) is 0 Å². The van der Waals surface area contributed by atoms with E-state index in [0.29, 0.717) is 0 Å². The number of nitrogens with zero attached hydrogens (tertiary/aromatic N) is 2. The Labute approximate surface area is 67.6 Å². The second-order valence-corrected chi connectivity index (χ2v) is 1.81. The molecule has 0 unspecified atom stereocenters. The van der Waals surface area contributed by atoms with Crippen LogP contribution in [0.15, 0.2) is 12.4 Å². The lowest BCUT2D eigenvalue weighted by Crippen LogP contribution is -1.80. The first-order valence-electron chi connectivity index (χ1n) is 3.83. The molecule has 0 saturated carbocycles. The van der Waals surface area contributed by atoms with Gasteiger partial charge in [-0.3, -0.25) is 5.10 Å². The van der Waals surface area contributed by atoms with E-state index in [2.05, 4.69) is 15.2 Å². The van der Waals surface area contributed by atoms with E-state index in [9.17, 15) is 0 Å². The van der Waals surface area contributed by atoms with Gasteiger partial charge in [-0.2, -0.15) is 5.10 Å². The van der Waals surface area contributed by atoms with Crippen molar-refractivity contribution in [2.24, 2.45) is 0 Å². The van der Waals surface area contributed by atoms with Crippen LogP contribution in [0.1, 0.15) is 33.5 Å². The summed E-state index contributed by atoms with van der Waals surface area (Å²) in [5.74, 6) is 0.845. The number of hydrogen-bond acceptors (Lipinski definition) is 2. The van der Waals surface area contributed by atoms with Crippen molar-refractivity contribution < 1.29 is 0 Å². The fourth-order valence-electron chi connectivity index (χ4n) is 0.532. The van der Waals surface area contributed by atoms with E-state index in [1.165, 1.54) is 6.33 Å². The van der Waals surface area contributed by atoms with Gasteiger partial charge in [-0.15, -0.1) is 0 Å². The smallest absolute Gasteiger partial charge is 0.150 e. The van der Waals surface area contributed by atoms with Gasteiger partial charge >= 0.3 is 0 Å². The molecule has 0 aromatic carbocycles. The summed E-state index contributed by atoms with van der Waals surface area (Å²) >= 11 is 0. The van der Waals surface area contributed by atoms with E-state index in [1.807, 2.05) is 33.8 Å². The molecule has 0 aliphatic heterocycles. The van der Waals surface area contributed by atoms with Crippen LogP contribution in [-0.2, 0) is 0 Å². The summed E-state index contributed by atoms with van der Waals surface area (Å²) in [6, 6.07) is 0. The molecule has 3 heteroatoms. The van der Waals surface area contributed by atoms with Crippen molar-refractivity contribution >= 4 is 5.57 Å². The molecule has 0 amide bonds. The highest BCUT2D eigenvalue weighted by Gasteiger charge is 1.93. The molecule has 0 saturated heterocycles. The highest BCUT2D eigenvalue weighted by Crippen LogP contribution is 2.03. The standard InChI is InChI=1S/C6H9N3.C2H6/c1-3-5(2)6-7-4-8-9-6;1-2/h3-4H,1-2H3,(H,7,8,9);1-2H3/b5-3+;. The van der Waals surface area contributed by atoms with Crippen LogP contribution in [0.25, 0.3) is 5.57 Å². The molecule has 1 N–H and O–H groups in total. The first-order valence-corrected chi connectivity index (χ1v) is 3.83. The van der Waals surface area contributed by atoms with Crippen molar-refractivity contribution in [3.8, 4) is 0 Å². The lowest BCUT2D eigenvalue weighted by atomic mass is 10.3. The first kappa shape index (κ1) is 9.88. The van der Waals surface area contributed by atoms with Gasteiger partial charge in [0, 0.05) is 0 Å². The monoisotopic (exact) mass is 153 g/mol. The average Bonchev–Trinajstić information content (AvgIpc) is 2.59. The minimum Gasteiger partial charge on any atom is -0.260 e. The van der Waals surface area contributed by atoms with Gasteiger partial charge in [-0.05, 0) is 19.4 Å². The minimum absolute atomic E-state index is 0.845. The van der Waals surface area contributed by atoms with Crippen molar-refractivity contribution in [1.82, 2.24) is 15.2 Å². The molecule has 0 aliphatic rings. The quantitative estimate of drug-likeness (QED) is 0.672. The molecule has 0 bridgehead atoms. The molecule has 1 heterocycles. The highest BCUT2D eigenvalue weighted by atomic mass is 15.2. The van der Waals surface area contributed by atoms with Crippen LogP contribution in [0, 0.1) is 0 Å². The predicted molar refractivity (Wildman–Crippen MR) is 47.1 cm³/mol. The van der Waals surface area contributed by atoms with Crippen molar-refractivity contribution in [3.63, 3.8) is 0 Å². The van der Waals surface area contributed by atoms with Gasteiger partial charge < -0.3 is 0 Å². The Morgan fingerprint density at radius 1 is 1.55 bits per heavy atom. The largest absolute Gasteiger partial charge is 0.260 e. The topological polar surface area (TPSA) is 41.6 Å². The van der Waals surface area contributed by atoms with Gasteiger partial charge in [-0.25, -0.2) is 4.98 Å². The van der Waals surface area contributed by atoms with Crippen molar-refractivity contribution in [2.75, 3.05) is 0 Å². The Bertz CT molecular complexity index is 199. The molecule has 0 spiro atoms. The molecular weight excluding hydrogens is 138 g/mol. The maximum atomic E-state index is 3.95. The van der Waals surface area contributed by atoms with Crippen molar-refractivity contribution in [2.45, 2.75) is 27.7 Å². The second-order valence-electron chi connectivity index (χ2n) is 1.81. The molecule has 0 aliphatic carbocycles. The maximum Gasteiger partial charge on any atom is 0.150 e. The molecule has 0 atom stereocenters. The number of nitrogens with one attached hydrogen (secondary N) is 1. The zero-order chi connectivity index (χ0) is 8.69. The van der Waals surface area contributed by atoms with Gasteiger partial charge in [0.15, 0.2) is 5.82 Å². The third-order valence-corrected chi connectivity index (χ3v) is 1.22. The summed E-state index contributed by atoms with van der Waals surface area (Å²) in [5.41, 5.74) is 1.12. The fourth-order valence-corrected chi connectivity index (χ4v) is 0.532. The molecule has 1 aromatic rings. The van der Waals surface area contributed by atoms with E-state index in [4.69, 9.17) is 0 Å². The van der Waals surface area contributed by atoms with E-state index < -0.39 is 0 Å². The molecule has 1 aromatic heterocycles. The third-order valence-electron chi connectivity index (χ3n) is 1.22. The molecule has 3 nitrogen and oxygen atoms in total. The summed E-state index contributed by atoms with van der Waals surface area (Å²) in [7, 11) is 0. The van der Waals surface area contributed by atoms with Gasteiger partial charge in [0.1, 0.15) is 6.33 Å². The van der Waals surface area contributed by atoms with Gasteiger partial charge in [0.25, 0.3) is 0 Å². The van der Waals surface area contributed by atoms with Crippen LogP contribution in [0.5, 0.6) is 0 Å². The number of H-pyrrole nitrogens is 1. The second kappa shape index (κ2) is 5.65. The number of aromatic amines is 1. The molecular formula is C8H15N3. The summed E-state index contributed by atoms with van der Waals surface area (Å²) in [6.07, 6.45) is 3.49. The summed E-state index contributed by atoms with van der Waals surface area (Å²) in [6.45, 7) is 7.96. The minimum atomic E-state index is 0.845. The normalized spacial score (nSPS) is 10.4. The summed E-state index contributed by atoms with van der Waals surface area (Å²) < 4.78 is 0. The van der Waals surface area contributed by atoms with Crippen molar-refractivity contribution in [1.29, 1.82) is 0 Å². The highest BCUT2D eigenvalue weighted by molar-refractivity contribution is 5.55. The molecule has 0 radical (unpaired) electrons. The first-order chi connectivity index (χ1) is 5.34. The van der Waals surface area contributed by atoms with E-state index in [1.54, 1.807) is 0 Å². The van der Waals surface area contributed by atoms with Crippen LogP contribution >= 0.6 is 0 Å². The molecule has 62 valence electrons. The van der Waals surface area contributed by atoms with E-state index >= 15 is 0 Å². The van der Waals surface area contributed by atoms with Crippen LogP contribution in [0.3, 0.4) is 0 Å². The molecule has 0 fully saturated rings. The van der Waals surface area contributed by atoms with Crippen LogP contribution < -0.4 is 0 Å². The van der Waals surface area contributed by atoms with E-state index in [0.717, 1.165) is 11.4 Å². The number of aromatic nitrogens is 3. The zero-order valence-electron chi connectivity index (χ0n) is 7.55. The lowest BCUT2D eigenvalue weighted by molar-refractivity contribution is 1.07. The Hall–Kier alpha value is -1.12. The number of rotatable bonds is 1. The summed E-state index contributed by atoms with van der Waals surface area (Å²) in [4.78, 5) is 3.95. The zero-order valence-corrected chi connectivity index (χ0v) is 7.55. The Morgan fingerprint density at radius 2 is 2.18 bits per heavy atom. The third kappa shape index (κ3) is 2.98. The van der Waals surface area contributed by atoms with Gasteiger partial charge in [0.2, 0.25) is 0 Å². The van der Waals surface area contributed by atoms with Gasteiger partial charge in [0.05, 0.1) is 0 Å². The van der Waals surface area contributed by atoms with Crippen LogP contribution in [0.4, 0.5) is 0 Å². The lowest BCUT2D eigenvalue weighted by Gasteiger charge is -1.88. The van der Waals surface area contributed by atoms with Crippen LogP contribution in [-0.4, -0.2) is 15.2 Å². The Balaban J connectivity index is 0.000000461. The van der Waals surface area contributed by atoms with Crippen LogP contribution in [0.2, 0.25) is 0 Å². The maximum absolute atomic E-state index is 3.95. The average molecular weight is 153 g/mol. The molecule has 1 rings (SSSR count). The Morgan fingerprint density at radius 3 is 2.55 bits per heavy atom. The van der Waals surface area contributed by atoms with Crippen molar-refractivity contribution in [3.05, 3.63) is 18.2 Å². The fraction of sp³-hybridized carbons (Fsp3) is 0.500. The number of hydrogen-bond donors (Lipinski definition) is 1. The predicted octanol–water partition coefficient (Wildman–Crippen LogP) is 2.25. The Kier molecular flexibility index (Phi) is 5.07. The van der Waals surface area contributed by atoms with Gasteiger partial charge in [-0.1, -0.05) is 19.9 Å². The summed E-state index contributed by atoms with van der Waals surface area (Å²) in [5, 5.41) is 6.47. The SMILES string of the molecule is C/C=C(\C)c1ncn[nH]1.CC. The molecule has 11 heavy (non-hydrogen) atoms.